The van der Waals surface area contributed by atoms with Gasteiger partial charge in [-0.05, 0) is 26.0 Å². The van der Waals surface area contributed by atoms with Gasteiger partial charge in [-0.2, -0.15) is 0 Å². The second-order valence-electron chi connectivity index (χ2n) is 5.01. The molecule has 19 heavy (non-hydrogen) atoms. The summed E-state index contributed by atoms with van der Waals surface area (Å²) in [5, 5.41) is 0. The quantitative estimate of drug-likeness (QED) is 0.653. The minimum Gasteiger partial charge on any atom is -0.370 e. The van der Waals surface area contributed by atoms with Gasteiger partial charge in [-0.15, -0.1) is 0 Å². The molecule has 0 bridgehead atoms. The number of hydrogen-bond acceptors (Lipinski definition) is 2. The van der Waals surface area contributed by atoms with Gasteiger partial charge in [0.1, 0.15) is 5.82 Å². The molecule has 4 nitrogen and oxygen atoms in total. The first-order valence-corrected chi connectivity index (χ1v) is 6.65. The van der Waals surface area contributed by atoms with E-state index in [4.69, 9.17) is 5.73 Å². The number of aliphatic imine (C=N–C) groups is 1. The van der Waals surface area contributed by atoms with Crippen molar-refractivity contribution < 1.29 is 4.39 Å². The third-order valence-electron chi connectivity index (χ3n) is 3.19. The first-order valence-electron chi connectivity index (χ1n) is 6.65. The Balaban J connectivity index is 1.98. The zero-order chi connectivity index (χ0) is 13.8. The van der Waals surface area contributed by atoms with E-state index in [0.29, 0.717) is 11.6 Å². The number of nitrogens with zero attached hydrogens (tertiary/aromatic N) is 3. The molecule has 0 atom stereocenters. The lowest BCUT2D eigenvalue weighted by Crippen LogP contribution is -2.51. The fourth-order valence-electron chi connectivity index (χ4n) is 2.23. The van der Waals surface area contributed by atoms with E-state index in [1.165, 1.54) is 6.07 Å². The summed E-state index contributed by atoms with van der Waals surface area (Å²) in [5.41, 5.74) is 6.61. The molecule has 5 heteroatoms. The molecule has 1 aromatic rings. The molecular formula is C14H21FN4. The van der Waals surface area contributed by atoms with E-state index in [1.54, 1.807) is 6.07 Å². The van der Waals surface area contributed by atoms with Crippen LogP contribution in [0, 0.1) is 5.82 Å². The fraction of sp³-hybridized carbons (Fsp3) is 0.500. The maximum atomic E-state index is 13.7. The summed E-state index contributed by atoms with van der Waals surface area (Å²) in [7, 11) is 0. The molecule has 2 N–H and O–H groups in total. The van der Waals surface area contributed by atoms with Crippen molar-refractivity contribution in [2.75, 3.05) is 31.1 Å². The normalized spacial score (nSPS) is 17.2. The van der Waals surface area contributed by atoms with Crippen molar-refractivity contribution in [1.82, 2.24) is 4.90 Å². The molecule has 0 saturated carbocycles. The van der Waals surface area contributed by atoms with Crippen molar-refractivity contribution in [3.63, 3.8) is 0 Å². The number of rotatable bonds is 2. The Labute approximate surface area is 113 Å². The van der Waals surface area contributed by atoms with Gasteiger partial charge in [0, 0.05) is 32.2 Å². The van der Waals surface area contributed by atoms with Gasteiger partial charge in [0.25, 0.3) is 0 Å². The van der Waals surface area contributed by atoms with Gasteiger partial charge in [-0.3, -0.25) is 4.99 Å². The Morgan fingerprint density at radius 2 is 1.84 bits per heavy atom. The third-order valence-corrected chi connectivity index (χ3v) is 3.19. The molecule has 2 rings (SSSR count). The molecule has 1 fully saturated rings. The van der Waals surface area contributed by atoms with Crippen LogP contribution >= 0.6 is 0 Å². The molecule has 1 saturated heterocycles. The van der Waals surface area contributed by atoms with E-state index >= 15 is 0 Å². The van der Waals surface area contributed by atoms with Gasteiger partial charge in [0.15, 0.2) is 5.96 Å². The lowest BCUT2D eigenvalue weighted by atomic mass is 10.2. The van der Waals surface area contributed by atoms with E-state index in [9.17, 15) is 4.39 Å². The predicted molar refractivity (Wildman–Crippen MR) is 76.9 cm³/mol. The highest BCUT2D eigenvalue weighted by Crippen LogP contribution is 2.19. The molecule has 0 aromatic heterocycles. The monoisotopic (exact) mass is 264 g/mol. The molecule has 1 aromatic carbocycles. The summed E-state index contributed by atoms with van der Waals surface area (Å²) in [5.74, 6) is 0.419. The molecule has 0 aliphatic carbocycles. The number of piperazine rings is 1. The lowest BCUT2D eigenvalue weighted by Gasteiger charge is -2.36. The highest BCUT2D eigenvalue weighted by Gasteiger charge is 2.20. The largest absolute Gasteiger partial charge is 0.370 e. The molecule has 1 aliphatic heterocycles. The van der Waals surface area contributed by atoms with Crippen LogP contribution in [0.2, 0.25) is 0 Å². The summed E-state index contributed by atoms with van der Waals surface area (Å²) < 4.78 is 13.7. The van der Waals surface area contributed by atoms with Gasteiger partial charge in [0.2, 0.25) is 0 Å². The minimum absolute atomic E-state index is 0.167. The smallest absolute Gasteiger partial charge is 0.191 e. The molecule has 1 heterocycles. The third kappa shape index (κ3) is 3.36. The van der Waals surface area contributed by atoms with Crippen molar-refractivity contribution in [1.29, 1.82) is 0 Å². The standard InChI is InChI=1S/C14H21FN4/c1-11(2)17-14(16)19-9-7-18(8-10-19)13-6-4-3-5-12(13)15/h3-6,11H,7-10H2,1-2H3,(H2,16,17). The maximum Gasteiger partial charge on any atom is 0.191 e. The molecular weight excluding hydrogens is 243 g/mol. The summed E-state index contributed by atoms with van der Waals surface area (Å²) in [6.07, 6.45) is 0. The van der Waals surface area contributed by atoms with Crippen LogP contribution in [-0.4, -0.2) is 43.1 Å². The van der Waals surface area contributed by atoms with Crippen molar-refractivity contribution in [2.45, 2.75) is 19.9 Å². The molecule has 0 radical (unpaired) electrons. The number of anilines is 1. The summed E-state index contributed by atoms with van der Waals surface area (Å²) >= 11 is 0. The maximum absolute atomic E-state index is 13.7. The van der Waals surface area contributed by atoms with Gasteiger partial charge in [-0.25, -0.2) is 4.39 Å². The summed E-state index contributed by atoms with van der Waals surface area (Å²) in [4.78, 5) is 8.45. The average molecular weight is 264 g/mol. The molecule has 0 amide bonds. The van der Waals surface area contributed by atoms with Crippen molar-refractivity contribution >= 4 is 11.6 Å². The first kappa shape index (κ1) is 13.6. The predicted octanol–water partition coefficient (Wildman–Crippen LogP) is 1.67. The lowest BCUT2D eigenvalue weighted by molar-refractivity contribution is 0.377. The number of hydrogen-bond donors (Lipinski definition) is 1. The van der Waals surface area contributed by atoms with Crippen molar-refractivity contribution in [3.05, 3.63) is 30.1 Å². The summed E-state index contributed by atoms with van der Waals surface area (Å²) in [6, 6.07) is 7.08. The van der Waals surface area contributed by atoms with E-state index < -0.39 is 0 Å². The second-order valence-corrected chi connectivity index (χ2v) is 5.01. The van der Waals surface area contributed by atoms with Gasteiger partial charge < -0.3 is 15.5 Å². The second kappa shape index (κ2) is 5.91. The Morgan fingerprint density at radius 3 is 2.42 bits per heavy atom. The highest BCUT2D eigenvalue weighted by molar-refractivity contribution is 5.78. The zero-order valence-corrected chi connectivity index (χ0v) is 11.5. The Hall–Kier alpha value is -1.78. The van der Waals surface area contributed by atoms with Crippen molar-refractivity contribution in [3.8, 4) is 0 Å². The van der Waals surface area contributed by atoms with Gasteiger partial charge >= 0.3 is 0 Å². The molecule has 0 spiro atoms. The first-order chi connectivity index (χ1) is 9.08. The van der Waals surface area contributed by atoms with E-state index in [-0.39, 0.29) is 11.9 Å². The number of halogens is 1. The van der Waals surface area contributed by atoms with Crippen LogP contribution in [0.4, 0.5) is 10.1 Å². The topological polar surface area (TPSA) is 44.9 Å². The minimum atomic E-state index is -0.167. The van der Waals surface area contributed by atoms with E-state index in [0.717, 1.165) is 26.2 Å². The Morgan fingerprint density at radius 1 is 1.21 bits per heavy atom. The highest BCUT2D eigenvalue weighted by atomic mass is 19.1. The van der Waals surface area contributed by atoms with Crippen LogP contribution in [0.5, 0.6) is 0 Å². The van der Waals surface area contributed by atoms with Crippen LogP contribution in [0.25, 0.3) is 0 Å². The number of nitrogens with two attached hydrogens (primary N) is 1. The Kier molecular flexibility index (Phi) is 4.24. The molecule has 1 aliphatic rings. The SMILES string of the molecule is CC(C)N=C(N)N1CCN(c2ccccc2F)CC1. The van der Waals surface area contributed by atoms with Crippen LogP contribution in [0.3, 0.4) is 0 Å². The molecule has 104 valence electrons. The van der Waals surface area contributed by atoms with E-state index in [2.05, 4.69) is 14.8 Å². The fourth-order valence-corrected chi connectivity index (χ4v) is 2.23. The number of benzene rings is 1. The Bertz CT molecular complexity index is 451. The van der Waals surface area contributed by atoms with Crippen LogP contribution in [-0.2, 0) is 0 Å². The number of para-hydroxylation sites is 1. The van der Waals surface area contributed by atoms with E-state index in [1.807, 2.05) is 26.0 Å². The zero-order valence-electron chi connectivity index (χ0n) is 11.5. The average Bonchev–Trinajstić information content (AvgIpc) is 2.39. The summed E-state index contributed by atoms with van der Waals surface area (Å²) in [6.45, 7) is 7.07. The van der Waals surface area contributed by atoms with Gasteiger partial charge in [-0.1, -0.05) is 12.1 Å². The van der Waals surface area contributed by atoms with Gasteiger partial charge in [0.05, 0.1) is 5.69 Å². The van der Waals surface area contributed by atoms with Crippen LogP contribution in [0.1, 0.15) is 13.8 Å². The number of guanidine groups is 1. The van der Waals surface area contributed by atoms with Crippen LogP contribution < -0.4 is 10.6 Å². The molecule has 0 unspecified atom stereocenters. The van der Waals surface area contributed by atoms with Crippen LogP contribution in [0.15, 0.2) is 29.3 Å². The van der Waals surface area contributed by atoms with Crippen molar-refractivity contribution in [2.24, 2.45) is 10.7 Å².